The van der Waals surface area contributed by atoms with Crippen LogP contribution in [0.3, 0.4) is 0 Å². The molecule has 23 heavy (non-hydrogen) atoms. The number of amides is 1. The molecule has 2 unspecified atom stereocenters. The zero-order valence-corrected chi connectivity index (χ0v) is 15.3. The van der Waals surface area contributed by atoms with Gasteiger partial charge in [0.2, 0.25) is 5.91 Å². The smallest absolute Gasteiger partial charge is 0.223 e. The molecule has 1 aliphatic rings. The van der Waals surface area contributed by atoms with Crippen molar-refractivity contribution in [1.82, 2.24) is 10.2 Å². The summed E-state index contributed by atoms with van der Waals surface area (Å²) in [5.74, 6) is 1.01. The molecule has 1 N–H and O–H groups in total. The van der Waals surface area contributed by atoms with Crippen LogP contribution in [-0.4, -0.2) is 30.4 Å². The van der Waals surface area contributed by atoms with Gasteiger partial charge in [-0.15, -0.1) is 12.4 Å². The van der Waals surface area contributed by atoms with Gasteiger partial charge < -0.3 is 10.2 Å². The molecule has 1 heterocycles. The Hall–Kier alpha value is -1.06. The Morgan fingerprint density at radius 2 is 2.04 bits per heavy atom. The third-order valence-corrected chi connectivity index (χ3v) is 4.66. The maximum Gasteiger partial charge on any atom is 0.223 e. The third-order valence-electron chi connectivity index (χ3n) is 4.66. The van der Waals surface area contributed by atoms with Gasteiger partial charge in [0.25, 0.3) is 0 Å². The predicted molar refractivity (Wildman–Crippen MR) is 98.9 cm³/mol. The van der Waals surface area contributed by atoms with E-state index < -0.39 is 0 Å². The SMILES string of the molecule is CCCN(C(=O)CCC1CCNC1)C(CC)c1ccccc1.Cl. The molecule has 3 nitrogen and oxygen atoms in total. The van der Waals surface area contributed by atoms with Crippen molar-refractivity contribution in [2.24, 2.45) is 5.92 Å². The van der Waals surface area contributed by atoms with Crippen LogP contribution in [0, 0.1) is 5.92 Å². The van der Waals surface area contributed by atoms with Gasteiger partial charge in [0.05, 0.1) is 6.04 Å². The van der Waals surface area contributed by atoms with Gasteiger partial charge in [0, 0.05) is 13.0 Å². The highest BCUT2D eigenvalue weighted by molar-refractivity contribution is 5.85. The first-order valence-corrected chi connectivity index (χ1v) is 8.81. The number of carbonyl (C=O) groups is 1. The van der Waals surface area contributed by atoms with Crippen LogP contribution in [0.4, 0.5) is 0 Å². The van der Waals surface area contributed by atoms with E-state index in [0.717, 1.165) is 38.9 Å². The molecule has 0 spiro atoms. The monoisotopic (exact) mass is 338 g/mol. The highest BCUT2D eigenvalue weighted by Crippen LogP contribution is 2.26. The quantitative estimate of drug-likeness (QED) is 0.770. The van der Waals surface area contributed by atoms with Crippen molar-refractivity contribution < 1.29 is 4.79 Å². The van der Waals surface area contributed by atoms with Crippen molar-refractivity contribution in [3.63, 3.8) is 0 Å². The number of benzene rings is 1. The highest BCUT2D eigenvalue weighted by atomic mass is 35.5. The fraction of sp³-hybridized carbons (Fsp3) is 0.632. The summed E-state index contributed by atoms with van der Waals surface area (Å²) in [5.41, 5.74) is 1.26. The van der Waals surface area contributed by atoms with Gasteiger partial charge in [-0.1, -0.05) is 44.2 Å². The first kappa shape index (κ1) is 20.0. The van der Waals surface area contributed by atoms with Gasteiger partial charge in [0.15, 0.2) is 0 Å². The molecule has 1 fully saturated rings. The Morgan fingerprint density at radius 1 is 1.30 bits per heavy atom. The molecule has 0 aromatic heterocycles. The minimum absolute atomic E-state index is 0. The molecule has 1 aliphatic heterocycles. The molecule has 0 bridgehead atoms. The van der Waals surface area contributed by atoms with Crippen LogP contribution in [0.2, 0.25) is 0 Å². The molecule has 2 atom stereocenters. The van der Waals surface area contributed by atoms with E-state index >= 15 is 0 Å². The molecular weight excluding hydrogens is 308 g/mol. The summed E-state index contributed by atoms with van der Waals surface area (Å²) in [4.78, 5) is 14.9. The van der Waals surface area contributed by atoms with E-state index in [2.05, 4.69) is 48.3 Å². The molecular formula is C19H31ClN2O. The number of nitrogens with zero attached hydrogens (tertiary/aromatic N) is 1. The van der Waals surface area contributed by atoms with Gasteiger partial charge >= 0.3 is 0 Å². The van der Waals surface area contributed by atoms with Crippen molar-refractivity contribution in [3.05, 3.63) is 35.9 Å². The summed E-state index contributed by atoms with van der Waals surface area (Å²) in [6.07, 6.45) is 4.92. The lowest BCUT2D eigenvalue weighted by molar-refractivity contribution is -0.134. The van der Waals surface area contributed by atoms with E-state index in [9.17, 15) is 4.79 Å². The number of hydrogen-bond acceptors (Lipinski definition) is 2. The number of hydrogen-bond donors (Lipinski definition) is 1. The fourth-order valence-corrected chi connectivity index (χ4v) is 3.44. The van der Waals surface area contributed by atoms with E-state index in [4.69, 9.17) is 0 Å². The minimum atomic E-state index is 0. The molecule has 130 valence electrons. The van der Waals surface area contributed by atoms with Gasteiger partial charge in [-0.05, 0) is 50.3 Å². The largest absolute Gasteiger partial charge is 0.336 e. The third kappa shape index (κ3) is 5.82. The first-order chi connectivity index (χ1) is 10.8. The summed E-state index contributed by atoms with van der Waals surface area (Å²) in [7, 11) is 0. The Labute approximate surface area is 147 Å². The summed E-state index contributed by atoms with van der Waals surface area (Å²) in [5, 5.41) is 3.39. The number of carbonyl (C=O) groups excluding carboxylic acids is 1. The van der Waals surface area contributed by atoms with Crippen LogP contribution in [0.5, 0.6) is 0 Å². The van der Waals surface area contributed by atoms with Crippen LogP contribution < -0.4 is 5.32 Å². The maximum absolute atomic E-state index is 12.8. The average molecular weight is 339 g/mol. The molecule has 0 radical (unpaired) electrons. The second-order valence-corrected chi connectivity index (χ2v) is 6.32. The first-order valence-electron chi connectivity index (χ1n) is 8.81. The normalized spacial score (nSPS) is 18.3. The zero-order chi connectivity index (χ0) is 15.8. The summed E-state index contributed by atoms with van der Waals surface area (Å²) < 4.78 is 0. The van der Waals surface area contributed by atoms with Crippen molar-refractivity contribution in [3.8, 4) is 0 Å². The second-order valence-electron chi connectivity index (χ2n) is 6.32. The van der Waals surface area contributed by atoms with Gasteiger partial charge in [-0.25, -0.2) is 0 Å². The number of rotatable bonds is 8. The summed E-state index contributed by atoms with van der Waals surface area (Å²) in [6.45, 7) is 7.37. The van der Waals surface area contributed by atoms with Gasteiger partial charge in [0.1, 0.15) is 0 Å². The zero-order valence-electron chi connectivity index (χ0n) is 14.5. The standard InChI is InChI=1S/C19H30N2O.ClH/c1-3-14-21(18(4-2)17-8-6-5-7-9-17)19(22)11-10-16-12-13-20-15-16;/h5-9,16,18,20H,3-4,10-15H2,1-2H3;1H. The van der Waals surface area contributed by atoms with Crippen LogP contribution in [0.15, 0.2) is 30.3 Å². The van der Waals surface area contributed by atoms with E-state index in [0.29, 0.717) is 18.2 Å². The lowest BCUT2D eigenvalue weighted by Crippen LogP contribution is -2.35. The summed E-state index contributed by atoms with van der Waals surface area (Å²) >= 11 is 0. The van der Waals surface area contributed by atoms with Crippen molar-refractivity contribution in [2.45, 2.75) is 52.0 Å². The number of nitrogens with one attached hydrogen (secondary N) is 1. The second kappa shape index (κ2) is 10.7. The molecule has 1 aromatic carbocycles. The molecule has 1 aromatic rings. The Kier molecular flexibility index (Phi) is 9.27. The van der Waals surface area contributed by atoms with E-state index in [1.165, 1.54) is 12.0 Å². The van der Waals surface area contributed by atoms with Gasteiger partial charge in [-0.3, -0.25) is 4.79 Å². The average Bonchev–Trinajstić information content (AvgIpc) is 3.07. The van der Waals surface area contributed by atoms with Crippen molar-refractivity contribution in [1.29, 1.82) is 0 Å². The Morgan fingerprint density at radius 3 is 2.61 bits per heavy atom. The Bertz CT molecular complexity index is 446. The van der Waals surface area contributed by atoms with E-state index in [1.807, 2.05) is 6.07 Å². The molecule has 2 rings (SSSR count). The molecule has 4 heteroatoms. The Balaban J connectivity index is 0.00000264. The number of halogens is 1. The van der Waals surface area contributed by atoms with Crippen LogP contribution in [0.1, 0.15) is 57.6 Å². The van der Waals surface area contributed by atoms with Crippen LogP contribution in [-0.2, 0) is 4.79 Å². The van der Waals surface area contributed by atoms with Crippen molar-refractivity contribution >= 4 is 18.3 Å². The molecule has 0 saturated carbocycles. The van der Waals surface area contributed by atoms with E-state index in [-0.39, 0.29) is 18.4 Å². The lowest BCUT2D eigenvalue weighted by atomic mass is 9.99. The minimum Gasteiger partial charge on any atom is -0.336 e. The maximum atomic E-state index is 12.8. The topological polar surface area (TPSA) is 32.3 Å². The predicted octanol–water partition coefficient (Wildman–Crippen LogP) is 4.19. The molecule has 1 saturated heterocycles. The summed E-state index contributed by atoms with van der Waals surface area (Å²) in [6, 6.07) is 10.7. The van der Waals surface area contributed by atoms with Crippen LogP contribution in [0.25, 0.3) is 0 Å². The molecule has 0 aliphatic carbocycles. The lowest BCUT2D eigenvalue weighted by Gasteiger charge is -2.32. The highest BCUT2D eigenvalue weighted by Gasteiger charge is 2.24. The van der Waals surface area contributed by atoms with E-state index in [1.54, 1.807) is 0 Å². The molecule has 1 amide bonds. The van der Waals surface area contributed by atoms with Crippen LogP contribution >= 0.6 is 12.4 Å². The fourth-order valence-electron chi connectivity index (χ4n) is 3.44. The van der Waals surface area contributed by atoms with Crippen molar-refractivity contribution in [2.75, 3.05) is 19.6 Å². The van der Waals surface area contributed by atoms with Gasteiger partial charge in [-0.2, -0.15) is 0 Å².